The predicted octanol–water partition coefficient (Wildman–Crippen LogP) is 4.51. The lowest BCUT2D eigenvalue weighted by Crippen LogP contribution is -2.46. The molecule has 3 heterocycles. The van der Waals surface area contributed by atoms with E-state index in [9.17, 15) is 9.59 Å². The van der Waals surface area contributed by atoms with Crippen molar-refractivity contribution in [3.8, 4) is 16.3 Å². The zero-order valence-electron chi connectivity index (χ0n) is 20.8. The van der Waals surface area contributed by atoms with Crippen molar-refractivity contribution in [2.24, 2.45) is 11.8 Å². The number of likely N-dealkylation sites (tertiary alicyclic amines) is 1. The minimum absolute atomic E-state index is 0.0597. The number of carbonyl (C=O) groups is 2. The van der Waals surface area contributed by atoms with Crippen LogP contribution in [-0.2, 0) is 6.54 Å². The van der Waals surface area contributed by atoms with Gasteiger partial charge in [-0.05, 0) is 58.4 Å². The first-order chi connectivity index (χ1) is 16.7. The van der Waals surface area contributed by atoms with Crippen molar-refractivity contribution >= 4 is 23.3 Å². The highest BCUT2D eigenvalue weighted by atomic mass is 32.1. The first-order valence-electron chi connectivity index (χ1n) is 12.1. The molecule has 2 aromatic heterocycles. The lowest BCUT2D eigenvalue weighted by Gasteiger charge is -2.27. The smallest absolute Gasteiger partial charge is 0.392 e. The summed E-state index contributed by atoms with van der Waals surface area (Å²) in [6.45, 7) is 11.5. The van der Waals surface area contributed by atoms with Gasteiger partial charge in [0.25, 0.3) is 5.91 Å². The molecule has 8 nitrogen and oxygen atoms in total. The normalized spacial score (nSPS) is 20.6. The molecule has 5 rings (SSSR count). The number of thiazole rings is 1. The van der Waals surface area contributed by atoms with Gasteiger partial charge in [0.05, 0.1) is 21.6 Å². The Labute approximate surface area is 209 Å². The molecule has 2 aliphatic rings. The Bertz CT molecular complexity index is 1280. The molecule has 3 aromatic rings. The summed E-state index contributed by atoms with van der Waals surface area (Å²) in [5.41, 5.74) is 4.65. The van der Waals surface area contributed by atoms with E-state index in [4.69, 9.17) is 4.74 Å². The summed E-state index contributed by atoms with van der Waals surface area (Å²) in [5.74, 6) is 1.26. The highest BCUT2D eigenvalue weighted by molar-refractivity contribution is 7.15. The fourth-order valence-electron chi connectivity index (χ4n) is 5.23. The molecule has 0 radical (unpaired) electrons. The topological polar surface area (TPSA) is 89.4 Å². The zero-order chi connectivity index (χ0) is 24.9. The van der Waals surface area contributed by atoms with Crippen LogP contribution in [0.15, 0.2) is 24.3 Å². The van der Waals surface area contributed by atoms with E-state index in [1.165, 1.54) is 0 Å². The molecule has 1 aliphatic heterocycles. The van der Waals surface area contributed by atoms with Gasteiger partial charge in [-0.3, -0.25) is 4.79 Å². The van der Waals surface area contributed by atoms with Gasteiger partial charge in [-0.15, -0.1) is 11.3 Å². The number of fused-ring (bicyclic) bond motifs is 1. The monoisotopic (exact) mass is 493 g/mol. The van der Waals surface area contributed by atoms with Crippen LogP contribution in [0.3, 0.4) is 0 Å². The average molecular weight is 494 g/mol. The van der Waals surface area contributed by atoms with Crippen molar-refractivity contribution in [3.05, 3.63) is 51.8 Å². The van der Waals surface area contributed by atoms with E-state index < -0.39 is 6.09 Å². The number of aryl methyl sites for hydroxylation is 5. The van der Waals surface area contributed by atoms with Gasteiger partial charge in [-0.2, -0.15) is 5.10 Å². The highest BCUT2D eigenvalue weighted by Crippen LogP contribution is 2.50. The lowest BCUT2D eigenvalue weighted by atomic mass is 10.0. The van der Waals surface area contributed by atoms with Gasteiger partial charge in [0.1, 0.15) is 5.69 Å². The Kier molecular flexibility index (Phi) is 6.13. The molecule has 1 N–H and O–H groups in total. The Morgan fingerprint density at radius 3 is 2.60 bits per heavy atom. The van der Waals surface area contributed by atoms with Crippen molar-refractivity contribution in [2.45, 2.75) is 53.6 Å². The third-order valence-corrected chi connectivity index (χ3v) is 7.82. The number of hydrogen-bond donors (Lipinski definition) is 1. The van der Waals surface area contributed by atoms with E-state index in [1.807, 2.05) is 25.7 Å². The second kappa shape index (κ2) is 9.11. The molecule has 1 saturated heterocycles. The van der Waals surface area contributed by atoms with E-state index >= 15 is 0 Å². The van der Waals surface area contributed by atoms with Crippen LogP contribution < -0.4 is 10.1 Å². The number of piperidine rings is 1. The standard InChI is InChI=1S/C26H31N5O3S/c1-6-31-22(10-16(4)29-31)34-26(33)27-12-21-20-11-19(20)13-30(21)25(32)23-24(35-17(5)28-23)18-8-14(2)7-15(3)9-18/h7-10,19-21H,6,11-13H2,1-5H3,(H,27,33)/t19?,20-,21+/m0/s1. The van der Waals surface area contributed by atoms with Gasteiger partial charge in [0.15, 0.2) is 0 Å². The van der Waals surface area contributed by atoms with Gasteiger partial charge >= 0.3 is 6.09 Å². The van der Waals surface area contributed by atoms with Gasteiger partial charge in [-0.25, -0.2) is 14.5 Å². The third-order valence-electron chi connectivity index (χ3n) is 6.80. The molecule has 184 valence electrons. The Morgan fingerprint density at radius 1 is 1.14 bits per heavy atom. The summed E-state index contributed by atoms with van der Waals surface area (Å²) < 4.78 is 7.13. The van der Waals surface area contributed by atoms with Gasteiger partial charge in [0.2, 0.25) is 5.88 Å². The highest BCUT2D eigenvalue weighted by Gasteiger charge is 2.54. The maximum atomic E-state index is 13.7. The first-order valence-corrected chi connectivity index (χ1v) is 12.9. The van der Waals surface area contributed by atoms with Crippen LogP contribution in [0.1, 0.15) is 45.7 Å². The molecule has 1 aliphatic carbocycles. The van der Waals surface area contributed by atoms with Crippen LogP contribution >= 0.6 is 11.3 Å². The number of hydrogen-bond acceptors (Lipinski definition) is 6. The Morgan fingerprint density at radius 2 is 1.89 bits per heavy atom. The summed E-state index contributed by atoms with van der Waals surface area (Å²) in [6, 6.07) is 8.02. The van der Waals surface area contributed by atoms with Crippen LogP contribution in [0.5, 0.6) is 5.88 Å². The minimum Gasteiger partial charge on any atom is -0.392 e. The summed E-state index contributed by atoms with van der Waals surface area (Å²) >= 11 is 1.55. The second-order valence-corrected chi connectivity index (χ2v) is 10.9. The summed E-state index contributed by atoms with van der Waals surface area (Å²) in [6.07, 6.45) is 0.559. The fourth-order valence-corrected chi connectivity index (χ4v) is 6.12. The van der Waals surface area contributed by atoms with E-state index in [2.05, 4.69) is 47.4 Å². The number of rotatable bonds is 6. The number of amides is 2. The number of aromatic nitrogens is 3. The maximum Gasteiger partial charge on any atom is 0.414 e. The molecular weight excluding hydrogens is 462 g/mol. The van der Waals surface area contributed by atoms with Crippen LogP contribution in [0.25, 0.3) is 10.4 Å². The third kappa shape index (κ3) is 4.69. The molecule has 0 bridgehead atoms. The van der Waals surface area contributed by atoms with E-state index in [1.54, 1.807) is 22.1 Å². The van der Waals surface area contributed by atoms with Crippen molar-refractivity contribution in [2.75, 3.05) is 13.1 Å². The van der Waals surface area contributed by atoms with Crippen LogP contribution in [0.2, 0.25) is 0 Å². The fraction of sp³-hybridized carbons (Fsp3) is 0.462. The number of nitrogens with one attached hydrogen (secondary N) is 1. The first kappa shape index (κ1) is 23.5. The number of ether oxygens (including phenoxy) is 1. The molecule has 35 heavy (non-hydrogen) atoms. The van der Waals surface area contributed by atoms with E-state index in [0.29, 0.717) is 43.0 Å². The molecule has 9 heteroatoms. The predicted molar refractivity (Wildman–Crippen MR) is 135 cm³/mol. The number of nitrogens with zero attached hydrogens (tertiary/aromatic N) is 4. The van der Waals surface area contributed by atoms with Crippen molar-refractivity contribution < 1.29 is 14.3 Å². The summed E-state index contributed by atoms with van der Waals surface area (Å²) in [7, 11) is 0. The van der Waals surface area contributed by atoms with Crippen molar-refractivity contribution in [3.63, 3.8) is 0 Å². The zero-order valence-corrected chi connectivity index (χ0v) is 21.6. The molecule has 2 amide bonds. The lowest BCUT2D eigenvalue weighted by molar-refractivity contribution is 0.0699. The summed E-state index contributed by atoms with van der Waals surface area (Å²) in [4.78, 5) is 33.7. The van der Waals surface area contributed by atoms with Crippen LogP contribution in [0, 0.1) is 39.5 Å². The Balaban J connectivity index is 1.31. The summed E-state index contributed by atoms with van der Waals surface area (Å²) in [5, 5.41) is 8.05. The molecule has 2 fully saturated rings. The average Bonchev–Trinajstić information content (AvgIpc) is 3.11. The number of benzene rings is 1. The second-order valence-electron chi connectivity index (χ2n) is 9.68. The molecule has 1 aromatic carbocycles. The molecular formula is C26H31N5O3S. The van der Waals surface area contributed by atoms with E-state index in [0.717, 1.165) is 38.7 Å². The van der Waals surface area contributed by atoms with E-state index in [-0.39, 0.29) is 11.9 Å². The minimum atomic E-state index is -0.531. The molecule has 1 saturated carbocycles. The Hall–Kier alpha value is -3.20. The van der Waals surface area contributed by atoms with Gasteiger partial charge in [-0.1, -0.05) is 29.3 Å². The SMILES string of the molecule is CCn1nc(C)cc1OC(=O)NC[C@@H]1[C@H]2CC2CN1C(=O)c1nc(C)sc1-c1cc(C)cc(C)c1. The quantitative estimate of drug-likeness (QED) is 0.546. The molecule has 3 atom stereocenters. The molecule has 0 spiro atoms. The van der Waals surface area contributed by atoms with Gasteiger partial charge < -0.3 is 15.0 Å². The largest absolute Gasteiger partial charge is 0.414 e. The van der Waals surface area contributed by atoms with Gasteiger partial charge in [0, 0.05) is 25.7 Å². The maximum absolute atomic E-state index is 13.7. The van der Waals surface area contributed by atoms with Crippen LogP contribution in [0.4, 0.5) is 4.79 Å². The van der Waals surface area contributed by atoms with Crippen molar-refractivity contribution in [1.29, 1.82) is 0 Å². The number of carbonyl (C=O) groups excluding carboxylic acids is 2. The van der Waals surface area contributed by atoms with Crippen molar-refractivity contribution in [1.82, 2.24) is 25.0 Å². The van der Waals surface area contributed by atoms with Crippen LogP contribution in [-0.4, -0.2) is 50.8 Å². The molecule has 1 unspecified atom stereocenters.